The fourth-order valence-corrected chi connectivity index (χ4v) is 4.84. The zero-order chi connectivity index (χ0) is 21.1. The van der Waals surface area contributed by atoms with Crippen LogP contribution in [0.5, 0.6) is 0 Å². The van der Waals surface area contributed by atoms with Gasteiger partial charge < -0.3 is 5.32 Å². The minimum absolute atomic E-state index is 0.175. The molecule has 1 fully saturated rings. The molecule has 1 aliphatic carbocycles. The van der Waals surface area contributed by atoms with Crippen LogP contribution in [-0.2, 0) is 6.42 Å². The molecule has 3 aromatic rings. The van der Waals surface area contributed by atoms with Crippen LogP contribution in [0.2, 0.25) is 0 Å². The van der Waals surface area contributed by atoms with Crippen molar-refractivity contribution in [1.82, 2.24) is 10.3 Å². The van der Waals surface area contributed by atoms with Crippen LogP contribution in [-0.4, -0.2) is 16.9 Å². The van der Waals surface area contributed by atoms with E-state index in [4.69, 9.17) is 0 Å². The van der Waals surface area contributed by atoms with Gasteiger partial charge in [-0.3, -0.25) is 9.78 Å². The summed E-state index contributed by atoms with van der Waals surface area (Å²) in [5, 5.41) is 4.31. The number of rotatable bonds is 5. The van der Waals surface area contributed by atoms with Crippen LogP contribution in [0.4, 0.5) is 4.39 Å². The molecule has 2 aromatic carbocycles. The van der Waals surface area contributed by atoms with Crippen molar-refractivity contribution in [2.45, 2.75) is 51.5 Å². The maximum Gasteiger partial charge on any atom is 0.251 e. The van der Waals surface area contributed by atoms with Crippen molar-refractivity contribution in [1.29, 1.82) is 0 Å². The Morgan fingerprint density at radius 3 is 2.73 bits per heavy atom. The Bertz CT molecular complexity index is 1060. The van der Waals surface area contributed by atoms with E-state index in [0.717, 1.165) is 48.5 Å². The topological polar surface area (TPSA) is 42.0 Å². The zero-order valence-corrected chi connectivity index (χ0v) is 18.7. The van der Waals surface area contributed by atoms with Crippen LogP contribution < -0.4 is 5.32 Å². The van der Waals surface area contributed by atoms with Crippen molar-refractivity contribution >= 4 is 32.7 Å². The van der Waals surface area contributed by atoms with Gasteiger partial charge in [0.15, 0.2) is 0 Å². The summed E-state index contributed by atoms with van der Waals surface area (Å²) < 4.78 is 14.8. The van der Waals surface area contributed by atoms with Crippen LogP contribution in [0.1, 0.15) is 53.6 Å². The number of halogens is 2. The molecule has 0 bridgehead atoms. The summed E-state index contributed by atoms with van der Waals surface area (Å²) in [5.74, 6) is 0.165. The number of hydrogen-bond acceptors (Lipinski definition) is 2. The first-order valence-electron chi connectivity index (χ1n) is 10.6. The molecule has 0 spiro atoms. The largest absolute Gasteiger partial charge is 0.349 e. The number of hydrogen-bond donors (Lipinski definition) is 1. The lowest BCUT2D eigenvalue weighted by Crippen LogP contribution is -2.37. The van der Waals surface area contributed by atoms with Gasteiger partial charge in [-0.25, -0.2) is 4.39 Å². The second kappa shape index (κ2) is 9.25. The molecule has 0 aliphatic heterocycles. The van der Waals surface area contributed by atoms with E-state index in [1.807, 2.05) is 12.3 Å². The average Bonchev–Trinajstić information content (AvgIpc) is 2.75. The van der Waals surface area contributed by atoms with Gasteiger partial charge in [-0.05, 0) is 103 Å². The fourth-order valence-electron chi connectivity index (χ4n) is 4.37. The number of nitrogens with zero attached hydrogens (tertiary/aromatic N) is 1. The van der Waals surface area contributed by atoms with Gasteiger partial charge in [0, 0.05) is 27.7 Å². The number of fused-ring (bicyclic) bond motifs is 1. The van der Waals surface area contributed by atoms with Crippen LogP contribution in [0, 0.1) is 18.7 Å². The molecular formula is C25H26BrFN2O. The third-order valence-corrected chi connectivity index (χ3v) is 6.89. The van der Waals surface area contributed by atoms with E-state index in [1.54, 1.807) is 19.1 Å². The van der Waals surface area contributed by atoms with E-state index in [-0.39, 0.29) is 17.8 Å². The minimum Gasteiger partial charge on any atom is -0.349 e. The average molecular weight is 469 g/mol. The molecule has 1 heterocycles. The molecule has 1 saturated carbocycles. The Labute approximate surface area is 185 Å². The highest BCUT2D eigenvalue weighted by atomic mass is 79.9. The summed E-state index contributed by atoms with van der Waals surface area (Å²) in [6.07, 6.45) is 8.26. The summed E-state index contributed by atoms with van der Waals surface area (Å²) in [6, 6.07) is 13.2. The maximum atomic E-state index is 13.7. The minimum atomic E-state index is -0.331. The monoisotopic (exact) mass is 468 g/mol. The van der Waals surface area contributed by atoms with E-state index in [0.29, 0.717) is 17.0 Å². The molecule has 1 amide bonds. The predicted molar refractivity (Wildman–Crippen MR) is 122 cm³/mol. The molecule has 4 rings (SSSR count). The Kier molecular flexibility index (Phi) is 6.47. The number of aryl methyl sites for hydroxylation is 2. The van der Waals surface area contributed by atoms with Gasteiger partial charge >= 0.3 is 0 Å². The predicted octanol–water partition coefficient (Wildman–Crippen LogP) is 6.37. The molecule has 5 heteroatoms. The second-order valence-electron chi connectivity index (χ2n) is 8.30. The molecule has 0 radical (unpaired) electrons. The van der Waals surface area contributed by atoms with Gasteiger partial charge in [-0.15, -0.1) is 0 Å². The molecule has 30 heavy (non-hydrogen) atoms. The fraction of sp³-hybridized carbons (Fsp3) is 0.360. The normalized spacial score (nSPS) is 19.0. The smallest absolute Gasteiger partial charge is 0.251 e. The quantitative estimate of drug-likeness (QED) is 0.472. The van der Waals surface area contributed by atoms with Gasteiger partial charge in [0.2, 0.25) is 0 Å². The Morgan fingerprint density at radius 2 is 1.97 bits per heavy atom. The van der Waals surface area contributed by atoms with Crippen molar-refractivity contribution in [3.8, 4) is 0 Å². The van der Waals surface area contributed by atoms with E-state index in [9.17, 15) is 9.18 Å². The zero-order valence-electron chi connectivity index (χ0n) is 17.1. The summed E-state index contributed by atoms with van der Waals surface area (Å²) in [7, 11) is 0. The van der Waals surface area contributed by atoms with E-state index < -0.39 is 0 Å². The molecule has 3 nitrogen and oxygen atoms in total. The molecule has 1 aromatic heterocycles. The lowest BCUT2D eigenvalue weighted by Gasteiger charge is -2.29. The van der Waals surface area contributed by atoms with Gasteiger partial charge in [-0.2, -0.15) is 0 Å². The number of aromatic nitrogens is 1. The van der Waals surface area contributed by atoms with E-state index in [2.05, 4.69) is 44.4 Å². The first-order chi connectivity index (χ1) is 14.5. The van der Waals surface area contributed by atoms with Crippen LogP contribution >= 0.6 is 15.9 Å². The van der Waals surface area contributed by atoms with Gasteiger partial charge in [0.1, 0.15) is 5.82 Å². The second-order valence-corrected chi connectivity index (χ2v) is 9.15. The number of nitrogens with one attached hydrogen (secondary N) is 1. The maximum absolute atomic E-state index is 13.7. The van der Waals surface area contributed by atoms with Crippen molar-refractivity contribution in [3.63, 3.8) is 0 Å². The Morgan fingerprint density at radius 1 is 1.17 bits per heavy atom. The van der Waals surface area contributed by atoms with Gasteiger partial charge in [0.05, 0.1) is 5.52 Å². The molecule has 0 saturated heterocycles. The lowest BCUT2D eigenvalue weighted by molar-refractivity contribution is 0.0921. The van der Waals surface area contributed by atoms with E-state index in [1.165, 1.54) is 17.0 Å². The molecular weight excluding hydrogens is 443 g/mol. The lowest BCUT2D eigenvalue weighted by atomic mass is 9.82. The number of carbonyl (C=O) groups is 1. The highest BCUT2D eigenvalue weighted by molar-refractivity contribution is 9.10. The van der Waals surface area contributed by atoms with Crippen molar-refractivity contribution in [2.75, 3.05) is 0 Å². The third-order valence-electron chi connectivity index (χ3n) is 6.25. The van der Waals surface area contributed by atoms with Gasteiger partial charge in [-0.1, -0.05) is 18.2 Å². The van der Waals surface area contributed by atoms with E-state index >= 15 is 0 Å². The number of pyridine rings is 1. The van der Waals surface area contributed by atoms with Crippen molar-refractivity contribution in [3.05, 3.63) is 75.6 Å². The summed E-state index contributed by atoms with van der Waals surface area (Å²) in [6.45, 7) is 1.70. The summed E-state index contributed by atoms with van der Waals surface area (Å²) in [4.78, 5) is 16.9. The first kappa shape index (κ1) is 21.0. The van der Waals surface area contributed by atoms with Crippen molar-refractivity contribution < 1.29 is 9.18 Å². The first-order valence-corrected chi connectivity index (χ1v) is 11.4. The van der Waals surface area contributed by atoms with Crippen LogP contribution in [0.3, 0.4) is 0 Å². The SMILES string of the molecule is Cc1ccc(C(=O)N[C@H]2CC[C@H](CCc3ccnc4c(Br)cccc34)CC2)cc1F. The number of amides is 1. The molecule has 1 N–H and O–H groups in total. The Hall–Kier alpha value is -2.27. The molecule has 0 atom stereocenters. The van der Waals surface area contributed by atoms with Crippen LogP contribution in [0.25, 0.3) is 10.9 Å². The molecule has 0 unspecified atom stereocenters. The number of para-hydroxylation sites is 1. The molecule has 156 valence electrons. The summed E-state index contributed by atoms with van der Waals surface area (Å²) in [5.41, 5.74) is 3.32. The Balaban J connectivity index is 1.29. The van der Waals surface area contributed by atoms with Crippen LogP contribution in [0.15, 0.2) is 53.1 Å². The summed E-state index contributed by atoms with van der Waals surface area (Å²) >= 11 is 3.59. The third kappa shape index (κ3) is 4.72. The highest BCUT2D eigenvalue weighted by Crippen LogP contribution is 2.30. The number of benzene rings is 2. The van der Waals surface area contributed by atoms with Crippen molar-refractivity contribution in [2.24, 2.45) is 5.92 Å². The van der Waals surface area contributed by atoms with Gasteiger partial charge in [0.25, 0.3) is 5.91 Å². The standard InChI is InChI=1S/C25H26BrFN2O/c1-16-5-9-19(15-23(16)27)25(30)29-20-11-7-17(8-12-20)6-10-18-13-14-28-24-21(18)3-2-4-22(24)26/h2-5,9,13-15,17,20H,6-8,10-12H2,1H3,(H,29,30)/t17-,20-. The molecule has 1 aliphatic rings. The number of carbonyl (C=O) groups excluding carboxylic acids is 1. The highest BCUT2D eigenvalue weighted by Gasteiger charge is 2.23.